The molecule has 11 nitrogen and oxygen atoms in total. The van der Waals surface area contributed by atoms with E-state index < -0.39 is 0 Å². The first-order valence-electron chi connectivity index (χ1n) is 15.0. The van der Waals surface area contributed by atoms with Crippen LogP contribution in [0.3, 0.4) is 0 Å². The lowest BCUT2D eigenvalue weighted by Crippen LogP contribution is -2.29. The number of pyridine rings is 2. The summed E-state index contributed by atoms with van der Waals surface area (Å²) in [6.45, 7) is 6.01. The number of anilines is 2. The predicted molar refractivity (Wildman–Crippen MR) is 172 cm³/mol. The van der Waals surface area contributed by atoms with Gasteiger partial charge in [-0.05, 0) is 74.2 Å². The van der Waals surface area contributed by atoms with Crippen LogP contribution in [0.2, 0.25) is 0 Å². The first-order valence-corrected chi connectivity index (χ1v) is 15.0. The fraction of sp³-hybridized carbons (Fsp3) is 0.364. The molecule has 1 atom stereocenters. The lowest BCUT2D eigenvalue weighted by molar-refractivity contribution is -0.125. The molecular weight excluding hydrogens is 556 g/mol. The van der Waals surface area contributed by atoms with Crippen LogP contribution in [-0.2, 0) is 4.79 Å². The fourth-order valence-corrected chi connectivity index (χ4v) is 5.06. The minimum Gasteiger partial charge on any atom is -0.456 e. The average molecular weight is 597 g/mol. The van der Waals surface area contributed by atoms with Crippen molar-refractivity contribution in [2.45, 2.75) is 51.1 Å². The molecule has 1 saturated heterocycles. The van der Waals surface area contributed by atoms with Gasteiger partial charge in [0.2, 0.25) is 5.91 Å². The van der Waals surface area contributed by atoms with E-state index in [4.69, 9.17) is 16.2 Å². The van der Waals surface area contributed by atoms with Gasteiger partial charge in [0.25, 0.3) is 5.91 Å². The third-order valence-electron chi connectivity index (χ3n) is 7.86. The molecule has 5 rings (SSSR count). The van der Waals surface area contributed by atoms with Gasteiger partial charge < -0.3 is 26.4 Å². The number of aliphatic imine (C=N–C) groups is 1. The molecule has 3 aromatic rings. The average Bonchev–Trinajstić information content (AvgIpc) is 3.76. The number of hydrogen-bond acceptors (Lipinski definition) is 8. The number of likely N-dealkylation sites (tertiary alicyclic amines) is 1. The Labute approximate surface area is 258 Å². The highest BCUT2D eigenvalue weighted by Gasteiger charge is 2.27. The summed E-state index contributed by atoms with van der Waals surface area (Å²) in [6, 6.07) is 12.7. The Morgan fingerprint density at radius 2 is 1.89 bits per heavy atom. The smallest absolute Gasteiger partial charge is 0.256 e. The normalized spacial score (nSPS) is 17.1. The van der Waals surface area contributed by atoms with E-state index in [0.29, 0.717) is 59.9 Å². The lowest BCUT2D eigenvalue weighted by Gasteiger charge is -2.15. The van der Waals surface area contributed by atoms with E-state index in [2.05, 4.69) is 46.1 Å². The molecule has 1 aliphatic heterocycles. The number of hydrogen-bond donors (Lipinski definition) is 3. The molecule has 1 aliphatic carbocycles. The zero-order chi connectivity index (χ0) is 31.2. The molecule has 0 spiro atoms. The molecule has 2 aliphatic rings. The number of nitrogens with zero attached hydrogens (tertiary/aromatic N) is 5. The summed E-state index contributed by atoms with van der Waals surface area (Å²) in [6.07, 6.45) is 9.95. The summed E-state index contributed by atoms with van der Waals surface area (Å²) in [5.41, 5.74) is 14.6. The fourth-order valence-electron chi connectivity index (χ4n) is 5.06. The molecule has 230 valence electrons. The van der Waals surface area contributed by atoms with Crippen LogP contribution < -0.4 is 21.5 Å². The van der Waals surface area contributed by atoms with Crippen molar-refractivity contribution in [2.24, 2.45) is 10.7 Å². The number of nitrogen functional groups attached to an aromatic ring is 1. The summed E-state index contributed by atoms with van der Waals surface area (Å²) < 4.78 is 6.11. The van der Waals surface area contributed by atoms with Crippen LogP contribution in [0, 0.1) is 0 Å². The Morgan fingerprint density at radius 3 is 2.61 bits per heavy atom. The van der Waals surface area contributed by atoms with E-state index in [1.54, 1.807) is 47.5 Å². The summed E-state index contributed by atoms with van der Waals surface area (Å²) in [5, 5.41) is 2.84. The van der Waals surface area contributed by atoms with E-state index in [1.807, 2.05) is 18.2 Å². The second kappa shape index (κ2) is 13.7. The molecule has 0 radical (unpaired) electrons. The van der Waals surface area contributed by atoms with E-state index in [-0.39, 0.29) is 29.5 Å². The van der Waals surface area contributed by atoms with Gasteiger partial charge in [-0.25, -0.2) is 9.97 Å². The van der Waals surface area contributed by atoms with Crippen molar-refractivity contribution >= 4 is 29.3 Å². The number of nitrogens with one attached hydrogen (secondary N) is 1. The molecule has 1 saturated carbocycles. The second-order valence-electron chi connectivity index (χ2n) is 11.6. The van der Waals surface area contributed by atoms with Gasteiger partial charge in [-0.3, -0.25) is 19.5 Å². The monoisotopic (exact) mass is 596 g/mol. The topological polar surface area (TPSA) is 152 Å². The van der Waals surface area contributed by atoms with Gasteiger partial charge in [0.15, 0.2) is 0 Å². The number of amidine groups is 1. The highest BCUT2D eigenvalue weighted by atomic mass is 16.5. The maximum Gasteiger partial charge on any atom is 0.256 e. The molecule has 5 N–H and O–H groups in total. The molecule has 2 fully saturated rings. The molecular formula is C33H40N8O3. The summed E-state index contributed by atoms with van der Waals surface area (Å²) in [4.78, 5) is 42.7. The quantitative estimate of drug-likeness (QED) is 0.169. The lowest BCUT2D eigenvalue weighted by atomic mass is 10.1. The van der Waals surface area contributed by atoms with Crippen LogP contribution >= 0.6 is 0 Å². The number of carbonyl (C=O) groups is 2. The van der Waals surface area contributed by atoms with Crippen LogP contribution in [0.5, 0.6) is 11.5 Å². The van der Waals surface area contributed by atoms with Crippen molar-refractivity contribution in [3.8, 4) is 11.5 Å². The van der Waals surface area contributed by atoms with Crippen LogP contribution in [0.25, 0.3) is 0 Å². The van der Waals surface area contributed by atoms with Crippen molar-refractivity contribution < 1.29 is 14.3 Å². The minimum atomic E-state index is -0.277. The Bertz CT molecular complexity index is 1550. The molecule has 3 heterocycles. The largest absolute Gasteiger partial charge is 0.456 e. The predicted octanol–water partition coefficient (Wildman–Crippen LogP) is 4.18. The number of likely N-dealkylation sites (N-methyl/N-ethyl adjacent to an activating group) is 1. The van der Waals surface area contributed by atoms with Crippen LogP contribution in [0.4, 0.5) is 11.6 Å². The number of carbonyl (C=O) groups excluding carboxylic acids is 2. The van der Waals surface area contributed by atoms with E-state index in [0.717, 1.165) is 12.1 Å². The summed E-state index contributed by atoms with van der Waals surface area (Å²) >= 11 is 0. The van der Waals surface area contributed by atoms with Crippen molar-refractivity contribution in [3.05, 3.63) is 83.7 Å². The number of benzene rings is 1. The zero-order valence-corrected chi connectivity index (χ0v) is 25.4. The van der Waals surface area contributed by atoms with E-state index in [9.17, 15) is 9.59 Å². The Hall–Kier alpha value is -4.77. The van der Waals surface area contributed by atoms with Crippen molar-refractivity contribution in [2.75, 3.05) is 37.7 Å². The summed E-state index contributed by atoms with van der Waals surface area (Å²) in [7, 11) is 2.08. The Morgan fingerprint density at radius 1 is 1.14 bits per heavy atom. The molecule has 2 aromatic heterocycles. The highest BCUT2D eigenvalue weighted by Crippen LogP contribution is 2.29. The van der Waals surface area contributed by atoms with Gasteiger partial charge in [-0.1, -0.05) is 19.9 Å². The maximum atomic E-state index is 12.8. The standard InChI is InChI=1S/C33H40N8O3/c1-21(2)23-12-15-36-28(19-23)39-33(43)22-6-10-26(11-7-22)44-27-13-16-37-31(34)30(27)32(35)38-24-14-18-41(20-24)29(42)5-4-17-40(3)25-8-9-25/h4-7,10-13,15-16,19,21,24-25H,8-9,14,17-18,20H2,1-3H3,(H2,34,37)(H2,35,38)(H,36,39,43)/b5-4+/t24-/m1/s1. The maximum absolute atomic E-state index is 12.8. The van der Waals surface area contributed by atoms with Gasteiger partial charge in [0, 0.05) is 55.8 Å². The van der Waals surface area contributed by atoms with Gasteiger partial charge in [0.05, 0.1) is 6.04 Å². The van der Waals surface area contributed by atoms with Crippen molar-refractivity contribution in [1.29, 1.82) is 0 Å². The third kappa shape index (κ3) is 7.78. The van der Waals surface area contributed by atoms with E-state index >= 15 is 0 Å². The summed E-state index contributed by atoms with van der Waals surface area (Å²) in [5.74, 6) is 1.77. The van der Waals surface area contributed by atoms with Crippen molar-refractivity contribution in [3.63, 3.8) is 0 Å². The first kappa shape index (κ1) is 30.7. The van der Waals surface area contributed by atoms with Gasteiger partial charge in [0.1, 0.15) is 34.5 Å². The number of nitrogens with two attached hydrogens (primary N) is 2. The molecule has 11 heteroatoms. The SMILES string of the molecule is CC(C)c1ccnc(NC(=O)c2ccc(Oc3ccnc(N)c3C(N)=N[C@@H]3CCN(C(=O)/C=C/CN(C)C4CC4)C3)cc2)c1. The Balaban J connectivity index is 1.21. The van der Waals surface area contributed by atoms with Gasteiger partial charge in [-0.2, -0.15) is 0 Å². The molecule has 0 unspecified atom stereocenters. The molecule has 1 aromatic carbocycles. The van der Waals surface area contributed by atoms with Crippen molar-refractivity contribution in [1.82, 2.24) is 19.8 Å². The molecule has 44 heavy (non-hydrogen) atoms. The third-order valence-corrected chi connectivity index (χ3v) is 7.86. The van der Waals surface area contributed by atoms with Crippen LogP contribution in [0.1, 0.15) is 60.5 Å². The zero-order valence-electron chi connectivity index (χ0n) is 25.4. The highest BCUT2D eigenvalue weighted by molar-refractivity contribution is 6.04. The number of aromatic nitrogens is 2. The number of rotatable bonds is 11. The van der Waals surface area contributed by atoms with Crippen LogP contribution in [0.15, 0.2) is 72.0 Å². The van der Waals surface area contributed by atoms with E-state index in [1.165, 1.54) is 19.0 Å². The molecule has 2 amide bonds. The van der Waals surface area contributed by atoms with Gasteiger partial charge >= 0.3 is 0 Å². The molecule has 0 bridgehead atoms. The Kier molecular flexibility index (Phi) is 9.54. The van der Waals surface area contributed by atoms with Crippen LogP contribution in [-0.4, -0.2) is 76.2 Å². The number of amides is 2. The minimum absolute atomic E-state index is 0.0205. The first-order chi connectivity index (χ1) is 21.2. The second-order valence-corrected chi connectivity index (χ2v) is 11.6. The van der Waals surface area contributed by atoms with Gasteiger partial charge in [-0.15, -0.1) is 0 Å². The number of ether oxygens (including phenoxy) is 1.